The second-order valence-electron chi connectivity index (χ2n) is 9.09. The van der Waals surface area contributed by atoms with Gasteiger partial charge in [-0.05, 0) is 64.4 Å². The summed E-state index contributed by atoms with van der Waals surface area (Å²) in [6, 6.07) is 22.2. The van der Waals surface area contributed by atoms with Crippen LogP contribution in [0.3, 0.4) is 0 Å². The van der Waals surface area contributed by atoms with Gasteiger partial charge in [-0.25, -0.2) is 4.68 Å². The van der Waals surface area contributed by atoms with E-state index < -0.39 is 6.04 Å². The minimum absolute atomic E-state index is 0.140. The number of hydrogen-bond donors (Lipinski definition) is 1. The van der Waals surface area contributed by atoms with Gasteiger partial charge in [0.1, 0.15) is 6.04 Å². The van der Waals surface area contributed by atoms with E-state index in [2.05, 4.69) is 80.2 Å². The maximum Gasteiger partial charge on any atom is 0.253 e. The van der Waals surface area contributed by atoms with Crippen molar-refractivity contribution >= 4 is 22.2 Å². The fourth-order valence-corrected chi connectivity index (χ4v) is 5.34. The van der Waals surface area contributed by atoms with Crippen molar-refractivity contribution in [3.63, 3.8) is 0 Å². The highest BCUT2D eigenvalue weighted by Crippen LogP contribution is 2.29. The number of thiophene rings is 1. The first kappa shape index (κ1) is 25.0. The summed E-state index contributed by atoms with van der Waals surface area (Å²) in [5.74, 6) is 0.624. The second-order valence-corrected chi connectivity index (χ2v) is 10.1. The predicted molar refractivity (Wildman–Crippen MR) is 146 cm³/mol. The Bertz CT molecular complexity index is 1500. The maximum atomic E-state index is 13.6. The van der Waals surface area contributed by atoms with Gasteiger partial charge in [-0.1, -0.05) is 48.0 Å². The van der Waals surface area contributed by atoms with Crippen LogP contribution in [0, 0.1) is 6.92 Å². The van der Waals surface area contributed by atoms with E-state index in [1.807, 2.05) is 24.3 Å². The van der Waals surface area contributed by atoms with Crippen LogP contribution in [-0.4, -0.2) is 50.4 Å². The third-order valence-electron chi connectivity index (χ3n) is 6.47. The Labute approximate surface area is 219 Å². The lowest BCUT2D eigenvalue weighted by atomic mass is 10.0. The molecule has 37 heavy (non-hydrogen) atoms. The Morgan fingerprint density at radius 3 is 2.76 bits per heavy atom. The fraction of sp³-hybridized carbons (Fsp3) is 0.286. The molecule has 1 atom stereocenters. The molecule has 0 radical (unpaired) electrons. The van der Waals surface area contributed by atoms with Crippen LogP contribution >= 0.6 is 11.3 Å². The van der Waals surface area contributed by atoms with E-state index in [1.165, 1.54) is 10.4 Å². The van der Waals surface area contributed by atoms with Gasteiger partial charge < -0.3 is 9.72 Å². The van der Waals surface area contributed by atoms with Crippen LogP contribution in [0.1, 0.15) is 33.4 Å². The molecule has 0 amide bonds. The van der Waals surface area contributed by atoms with Crippen molar-refractivity contribution in [2.45, 2.75) is 32.5 Å². The molecule has 0 saturated carbocycles. The topological polar surface area (TPSA) is 88.9 Å². The first-order chi connectivity index (χ1) is 18.1. The summed E-state index contributed by atoms with van der Waals surface area (Å²) in [5, 5.41) is 15.7. The Hall–Kier alpha value is -3.66. The molecule has 0 aliphatic rings. The average molecular weight is 515 g/mol. The number of methoxy groups -OCH3 is 1. The van der Waals surface area contributed by atoms with Gasteiger partial charge in [0.15, 0.2) is 5.82 Å². The van der Waals surface area contributed by atoms with Crippen molar-refractivity contribution in [3.8, 4) is 0 Å². The molecule has 0 aliphatic carbocycles. The number of fused-ring (bicyclic) bond motifs is 1. The maximum absolute atomic E-state index is 13.6. The van der Waals surface area contributed by atoms with Crippen molar-refractivity contribution in [2.75, 3.05) is 20.3 Å². The number of hydrogen-bond acceptors (Lipinski definition) is 7. The van der Waals surface area contributed by atoms with Gasteiger partial charge in [-0.15, -0.1) is 16.4 Å². The van der Waals surface area contributed by atoms with Gasteiger partial charge in [0.05, 0.1) is 13.2 Å². The highest BCUT2D eigenvalue weighted by molar-refractivity contribution is 7.09. The Balaban J connectivity index is 1.63. The molecule has 2 aromatic carbocycles. The molecule has 0 unspecified atom stereocenters. The molecule has 0 spiro atoms. The summed E-state index contributed by atoms with van der Waals surface area (Å²) >= 11 is 1.70. The molecule has 190 valence electrons. The van der Waals surface area contributed by atoms with Crippen LogP contribution in [-0.2, 0) is 24.2 Å². The summed E-state index contributed by atoms with van der Waals surface area (Å²) in [6.07, 6.45) is 0.826. The van der Waals surface area contributed by atoms with Gasteiger partial charge in [0.2, 0.25) is 0 Å². The summed E-state index contributed by atoms with van der Waals surface area (Å²) in [7, 11) is 1.65. The van der Waals surface area contributed by atoms with Gasteiger partial charge in [0.25, 0.3) is 5.56 Å². The van der Waals surface area contributed by atoms with E-state index in [-0.39, 0.29) is 5.56 Å². The number of benzene rings is 2. The zero-order valence-electron chi connectivity index (χ0n) is 21.0. The van der Waals surface area contributed by atoms with Crippen molar-refractivity contribution in [3.05, 3.63) is 110 Å². The monoisotopic (exact) mass is 514 g/mol. The molecule has 5 aromatic rings. The molecule has 3 heterocycles. The Kier molecular flexibility index (Phi) is 7.84. The van der Waals surface area contributed by atoms with E-state index in [4.69, 9.17) is 4.74 Å². The molecule has 3 aromatic heterocycles. The molecule has 0 aliphatic heterocycles. The number of aryl methyl sites for hydroxylation is 1. The minimum Gasteiger partial charge on any atom is -0.383 e. The van der Waals surface area contributed by atoms with Gasteiger partial charge >= 0.3 is 0 Å². The largest absolute Gasteiger partial charge is 0.383 e. The van der Waals surface area contributed by atoms with Crippen LogP contribution in [0.2, 0.25) is 0 Å². The highest BCUT2D eigenvalue weighted by Gasteiger charge is 2.30. The number of H-pyrrole nitrogens is 1. The predicted octanol–water partition coefficient (Wildman–Crippen LogP) is 4.37. The fourth-order valence-electron chi connectivity index (χ4n) is 4.61. The molecule has 5 rings (SSSR count). The van der Waals surface area contributed by atoms with Crippen molar-refractivity contribution < 1.29 is 4.74 Å². The normalized spacial score (nSPS) is 12.4. The number of aromatic nitrogens is 5. The first-order valence-corrected chi connectivity index (χ1v) is 13.2. The van der Waals surface area contributed by atoms with E-state index in [9.17, 15) is 4.79 Å². The Morgan fingerprint density at radius 1 is 1.11 bits per heavy atom. The summed E-state index contributed by atoms with van der Waals surface area (Å²) < 4.78 is 7.05. The smallest absolute Gasteiger partial charge is 0.253 e. The average Bonchev–Trinajstić information content (AvgIpc) is 3.59. The van der Waals surface area contributed by atoms with Gasteiger partial charge in [-0.3, -0.25) is 9.69 Å². The van der Waals surface area contributed by atoms with Crippen LogP contribution in [0.4, 0.5) is 0 Å². The molecule has 8 nitrogen and oxygen atoms in total. The highest BCUT2D eigenvalue weighted by atomic mass is 32.1. The third kappa shape index (κ3) is 5.85. The molecule has 9 heteroatoms. The van der Waals surface area contributed by atoms with Gasteiger partial charge in [-0.2, -0.15) is 0 Å². The lowest BCUT2D eigenvalue weighted by Gasteiger charge is -2.30. The summed E-state index contributed by atoms with van der Waals surface area (Å²) in [5.41, 5.74) is 3.66. The van der Waals surface area contributed by atoms with Crippen LogP contribution in [0.25, 0.3) is 10.9 Å². The number of nitrogens with zero attached hydrogens (tertiary/aromatic N) is 5. The van der Waals surface area contributed by atoms with E-state index in [1.54, 1.807) is 23.1 Å². The molecule has 0 fully saturated rings. The first-order valence-electron chi connectivity index (χ1n) is 12.3. The van der Waals surface area contributed by atoms with Crippen molar-refractivity contribution in [1.29, 1.82) is 0 Å². The number of pyridine rings is 1. The van der Waals surface area contributed by atoms with Crippen LogP contribution in [0.5, 0.6) is 0 Å². The number of nitrogens with one attached hydrogen (secondary N) is 1. The lowest BCUT2D eigenvalue weighted by Crippen LogP contribution is -2.36. The lowest BCUT2D eigenvalue weighted by molar-refractivity contribution is 0.172. The molecular weight excluding hydrogens is 484 g/mol. The van der Waals surface area contributed by atoms with E-state index in [0.29, 0.717) is 31.1 Å². The van der Waals surface area contributed by atoms with Crippen molar-refractivity contribution in [1.82, 2.24) is 30.1 Å². The van der Waals surface area contributed by atoms with Crippen molar-refractivity contribution in [2.24, 2.45) is 0 Å². The summed E-state index contributed by atoms with van der Waals surface area (Å²) in [6.45, 7) is 4.39. The molecule has 1 N–H and O–H groups in total. The number of ether oxygens (including phenoxy) is 1. The zero-order chi connectivity index (χ0) is 25.6. The Morgan fingerprint density at radius 2 is 1.97 bits per heavy atom. The standard InChI is InChI=1S/C28H30N6O2S/c1-20-10-11-25-22(17-20)18-24(28(35)29-25)26(27-30-31-32-34(27)14-15-36-2)33(19-23-9-6-16-37-23)13-12-21-7-4-3-5-8-21/h3-11,16-18,26H,12-15,19H2,1-2H3,(H,29,35)/t26-/m1/s1. The second kappa shape index (κ2) is 11.6. The molecular formula is C28H30N6O2S. The van der Waals surface area contributed by atoms with E-state index >= 15 is 0 Å². The summed E-state index contributed by atoms with van der Waals surface area (Å²) in [4.78, 5) is 20.2. The van der Waals surface area contributed by atoms with Crippen LogP contribution in [0.15, 0.2) is 76.9 Å². The molecule has 0 saturated heterocycles. The van der Waals surface area contributed by atoms with Crippen LogP contribution < -0.4 is 5.56 Å². The quantitative estimate of drug-likeness (QED) is 0.282. The number of tetrazole rings is 1. The third-order valence-corrected chi connectivity index (χ3v) is 7.33. The molecule has 0 bridgehead atoms. The number of rotatable bonds is 11. The number of aromatic amines is 1. The zero-order valence-corrected chi connectivity index (χ0v) is 21.8. The minimum atomic E-state index is -0.452. The van der Waals surface area contributed by atoms with E-state index in [0.717, 1.165) is 29.4 Å². The van der Waals surface area contributed by atoms with Gasteiger partial charge in [0, 0.05) is 36.2 Å². The SMILES string of the molecule is COCCn1nnnc1[C@@H](c1cc2cc(C)ccc2[nH]c1=O)N(CCc1ccccc1)Cc1cccs1.